The highest BCUT2D eigenvalue weighted by Gasteiger charge is 2.31. The van der Waals surface area contributed by atoms with Crippen molar-refractivity contribution in [1.29, 1.82) is 0 Å². The molecular formula is C29H25F3N4O2. The van der Waals surface area contributed by atoms with Crippen LogP contribution in [-0.4, -0.2) is 33.0 Å². The maximum Gasteiger partial charge on any atom is 0.416 e. The fourth-order valence-electron chi connectivity index (χ4n) is 4.54. The van der Waals surface area contributed by atoms with Gasteiger partial charge in [0.1, 0.15) is 5.69 Å². The largest absolute Gasteiger partial charge is 0.416 e. The zero-order chi connectivity index (χ0) is 26.7. The van der Waals surface area contributed by atoms with E-state index < -0.39 is 17.6 Å². The van der Waals surface area contributed by atoms with Crippen molar-refractivity contribution < 1.29 is 22.8 Å². The van der Waals surface area contributed by atoms with Crippen molar-refractivity contribution in [2.24, 2.45) is 0 Å². The molecule has 1 aliphatic rings. The number of benzene rings is 3. The summed E-state index contributed by atoms with van der Waals surface area (Å²) in [6, 6.07) is 25.4. The van der Waals surface area contributed by atoms with Crippen molar-refractivity contribution in [3.05, 3.63) is 125 Å². The molecule has 0 spiro atoms. The number of carbonyl (C=O) groups excluding carboxylic acids is 2. The summed E-state index contributed by atoms with van der Waals surface area (Å²) in [6.45, 7) is 0.869. The van der Waals surface area contributed by atoms with Crippen molar-refractivity contribution >= 4 is 11.8 Å². The first kappa shape index (κ1) is 25.3. The van der Waals surface area contributed by atoms with Crippen LogP contribution >= 0.6 is 0 Å². The summed E-state index contributed by atoms with van der Waals surface area (Å²) in [5.41, 5.74) is 2.28. The van der Waals surface area contributed by atoms with Crippen molar-refractivity contribution in [2.75, 3.05) is 6.54 Å². The Balaban J connectivity index is 1.30. The molecule has 0 aliphatic carbocycles. The summed E-state index contributed by atoms with van der Waals surface area (Å²) < 4.78 is 40.1. The predicted octanol–water partition coefficient (Wildman–Crippen LogP) is 5.27. The predicted molar refractivity (Wildman–Crippen MR) is 135 cm³/mol. The number of fused-ring (bicyclic) bond motifs is 1. The average Bonchev–Trinajstić information content (AvgIpc) is 3.36. The van der Waals surface area contributed by atoms with Crippen LogP contribution in [0, 0.1) is 0 Å². The Morgan fingerprint density at radius 3 is 2.21 bits per heavy atom. The molecule has 2 heterocycles. The van der Waals surface area contributed by atoms with E-state index in [1.54, 1.807) is 4.90 Å². The summed E-state index contributed by atoms with van der Waals surface area (Å²) in [4.78, 5) is 27.9. The molecule has 38 heavy (non-hydrogen) atoms. The highest BCUT2D eigenvalue weighted by atomic mass is 19.4. The Hall–Kier alpha value is -4.40. The van der Waals surface area contributed by atoms with E-state index >= 15 is 0 Å². The number of alkyl halides is 3. The highest BCUT2D eigenvalue weighted by Crippen LogP contribution is 2.29. The van der Waals surface area contributed by atoms with E-state index in [0.29, 0.717) is 25.1 Å². The van der Waals surface area contributed by atoms with Crippen molar-refractivity contribution in [1.82, 2.24) is 20.0 Å². The van der Waals surface area contributed by atoms with Gasteiger partial charge in [-0.1, -0.05) is 72.8 Å². The molecule has 0 saturated heterocycles. The van der Waals surface area contributed by atoms with Gasteiger partial charge in [-0.2, -0.15) is 18.3 Å². The summed E-state index contributed by atoms with van der Waals surface area (Å²) in [7, 11) is 0. The Morgan fingerprint density at radius 1 is 0.895 bits per heavy atom. The second kappa shape index (κ2) is 10.5. The first-order valence-corrected chi connectivity index (χ1v) is 12.2. The summed E-state index contributed by atoms with van der Waals surface area (Å²) >= 11 is 0. The van der Waals surface area contributed by atoms with Gasteiger partial charge >= 0.3 is 6.18 Å². The molecule has 0 fully saturated rings. The number of halogens is 3. The van der Waals surface area contributed by atoms with E-state index in [-0.39, 0.29) is 29.9 Å². The number of rotatable bonds is 7. The number of nitrogens with zero attached hydrogens (tertiary/aromatic N) is 3. The van der Waals surface area contributed by atoms with E-state index in [4.69, 9.17) is 0 Å². The van der Waals surface area contributed by atoms with Gasteiger partial charge in [0.15, 0.2) is 5.69 Å². The Labute approximate surface area is 217 Å². The number of amides is 2. The molecule has 5 rings (SSSR count). The van der Waals surface area contributed by atoms with E-state index in [0.717, 1.165) is 23.3 Å². The van der Waals surface area contributed by atoms with Gasteiger partial charge in [0.2, 0.25) is 0 Å². The topological polar surface area (TPSA) is 67.2 Å². The third kappa shape index (κ3) is 5.61. The molecule has 0 saturated carbocycles. The summed E-state index contributed by atoms with van der Waals surface area (Å²) in [5.74, 6) is -0.717. The monoisotopic (exact) mass is 518 g/mol. The first-order chi connectivity index (χ1) is 18.3. The Bertz CT molecular complexity index is 1420. The third-order valence-electron chi connectivity index (χ3n) is 6.55. The lowest BCUT2D eigenvalue weighted by Gasteiger charge is -2.27. The van der Waals surface area contributed by atoms with Crippen LogP contribution < -0.4 is 5.32 Å². The molecule has 194 valence electrons. The maximum absolute atomic E-state index is 13.2. The van der Waals surface area contributed by atoms with Gasteiger partial charge in [-0.25, -0.2) is 0 Å². The number of carbonyl (C=O) groups is 2. The van der Waals surface area contributed by atoms with Crippen molar-refractivity contribution in [3.63, 3.8) is 0 Å². The quantitative estimate of drug-likeness (QED) is 0.363. The van der Waals surface area contributed by atoms with Gasteiger partial charge in [-0.15, -0.1) is 0 Å². The average molecular weight is 519 g/mol. The minimum atomic E-state index is -4.41. The molecule has 0 bridgehead atoms. The van der Waals surface area contributed by atoms with E-state index in [2.05, 4.69) is 10.4 Å². The van der Waals surface area contributed by atoms with E-state index in [1.165, 1.54) is 22.9 Å². The zero-order valence-corrected chi connectivity index (χ0v) is 20.4. The van der Waals surface area contributed by atoms with Gasteiger partial charge in [0.25, 0.3) is 11.8 Å². The minimum absolute atomic E-state index is 0.138. The molecule has 1 aromatic heterocycles. The second-order valence-corrected chi connectivity index (χ2v) is 9.19. The second-order valence-electron chi connectivity index (χ2n) is 9.19. The standard InChI is InChI=1S/C29H25F3N4O2/c30-29(31,32)23-13-11-21(12-14-23)19-35-15-16-36-26(28(35)38)18-25(34-36)27(37)33-24(22-9-5-2-6-10-22)17-20-7-3-1-4-8-20/h1-14,18,24H,15-17,19H2,(H,33,37). The minimum Gasteiger partial charge on any atom is -0.344 e. The third-order valence-corrected chi connectivity index (χ3v) is 6.55. The fraction of sp³-hybridized carbons (Fsp3) is 0.207. The smallest absolute Gasteiger partial charge is 0.344 e. The highest BCUT2D eigenvalue weighted by molar-refractivity contribution is 5.98. The molecule has 2 amide bonds. The molecule has 0 radical (unpaired) electrons. The zero-order valence-electron chi connectivity index (χ0n) is 20.4. The summed E-state index contributed by atoms with van der Waals surface area (Å²) in [5, 5.41) is 7.43. The Morgan fingerprint density at radius 2 is 1.55 bits per heavy atom. The lowest BCUT2D eigenvalue weighted by Crippen LogP contribution is -2.39. The van der Waals surface area contributed by atoms with Crippen LogP contribution in [0.3, 0.4) is 0 Å². The van der Waals surface area contributed by atoms with Gasteiger partial charge in [-0.05, 0) is 35.2 Å². The number of nitrogens with one attached hydrogen (secondary N) is 1. The molecule has 9 heteroatoms. The maximum atomic E-state index is 13.2. The molecular weight excluding hydrogens is 493 g/mol. The summed E-state index contributed by atoms with van der Waals surface area (Å²) in [6.07, 6.45) is -3.83. The molecule has 6 nitrogen and oxygen atoms in total. The van der Waals surface area contributed by atoms with Gasteiger partial charge in [-0.3, -0.25) is 14.3 Å². The fourth-order valence-corrected chi connectivity index (χ4v) is 4.54. The van der Waals surface area contributed by atoms with Crippen LogP contribution in [0.15, 0.2) is 91.0 Å². The van der Waals surface area contributed by atoms with Crippen LogP contribution in [0.1, 0.15) is 49.3 Å². The van der Waals surface area contributed by atoms with Gasteiger partial charge < -0.3 is 10.2 Å². The van der Waals surface area contributed by atoms with Crippen LogP contribution in [-0.2, 0) is 25.7 Å². The molecule has 1 N–H and O–H groups in total. The molecule has 1 atom stereocenters. The van der Waals surface area contributed by atoms with Gasteiger partial charge in [0.05, 0.1) is 18.2 Å². The number of hydrogen-bond acceptors (Lipinski definition) is 3. The van der Waals surface area contributed by atoms with Crippen LogP contribution in [0.4, 0.5) is 13.2 Å². The Kier molecular flexibility index (Phi) is 7.00. The van der Waals surface area contributed by atoms with E-state index in [1.807, 2.05) is 60.7 Å². The van der Waals surface area contributed by atoms with Crippen LogP contribution in [0.5, 0.6) is 0 Å². The lowest BCUT2D eigenvalue weighted by molar-refractivity contribution is -0.137. The van der Waals surface area contributed by atoms with Crippen LogP contribution in [0.25, 0.3) is 0 Å². The van der Waals surface area contributed by atoms with Crippen molar-refractivity contribution in [3.8, 4) is 0 Å². The van der Waals surface area contributed by atoms with Crippen molar-refractivity contribution in [2.45, 2.75) is 31.7 Å². The van der Waals surface area contributed by atoms with Gasteiger partial charge in [0, 0.05) is 19.2 Å². The number of hydrogen-bond donors (Lipinski definition) is 1. The van der Waals surface area contributed by atoms with E-state index in [9.17, 15) is 22.8 Å². The molecule has 4 aromatic rings. The molecule has 1 unspecified atom stereocenters. The number of aromatic nitrogens is 2. The molecule has 3 aromatic carbocycles. The lowest BCUT2D eigenvalue weighted by atomic mass is 9.98. The van der Waals surface area contributed by atoms with Crippen LogP contribution in [0.2, 0.25) is 0 Å². The first-order valence-electron chi connectivity index (χ1n) is 12.2. The molecule has 1 aliphatic heterocycles. The SMILES string of the molecule is O=C(NC(Cc1ccccc1)c1ccccc1)c1cc2n(n1)CCN(Cc1ccc(C(F)(F)F)cc1)C2=O. The normalized spacial score (nSPS) is 14.2.